The molecule has 110 valence electrons. The van der Waals surface area contributed by atoms with Crippen LogP contribution in [0.5, 0.6) is 0 Å². The number of hydrogen-bond donors (Lipinski definition) is 0. The highest BCUT2D eigenvalue weighted by molar-refractivity contribution is 5.60. The van der Waals surface area contributed by atoms with Gasteiger partial charge < -0.3 is 14.4 Å². The van der Waals surface area contributed by atoms with Crippen molar-refractivity contribution in [1.29, 1.82) is 0 Å². The summed E-state index contributed by atoms with van der Waals surface area (Å²) in [5.41, 5.74) is 0.191. The number of carbonyl (C=O) groups excluding carboxylic acids is 1. The van der Waals surface area contributed by atoms with Crippen molar-refractivity contribution in [2.75, 3.05) is 32.8 Å². The van der Waals surface area contributed by atoms with Gasteiger partial charge in [0, 0.05) is 13.2 Å². The van der Waals surface area contributed by atoms with Crippen LogP contribution in [-0.4, -0.2) is 44.0 Å². The quantitative estimate of drug-likeness (QED) is 0.736. The van der Waals surface area contributed by atoms with Crippen LogP contribution < -0.4 is 0 Å². The SMILES string of the molecule is CC(C)(C)C1CCCN(CC2(C=O)CCOC2)CC1. The van der Waals surface area contributed by atoms with Crippen LogP contribution in [0, 0.1) is 16.7 Å². The topological polar surface area (TPSA) is 29.5 Å². The molecule has 2 aliphatic rings. The first-order valence-electron chi connectivity index (χ1n) is 7.72. The Balaban J connectivity index is 1.91. The molecule has 0 amide bonds. The van der Waals surface area contributed by atoms with E-state index in [1.807, 2.05) is 0 Å². The molecular weight excluding hydrogens is 238 g/mol. The van der Waals surface area contributed by atoms with E-state index in [0.29, 0.717) is 12.0 Å². The molecule has 0 bridgehead atoms. The number of aldehydes is 1. The molecular formula is C16H29NO2. The molecule has 2 rings (SSSR count). The van der Waals surface area contributed by atoms with E-state index in [4.69, 9.17) is 4.74 Å². The highest BCUT2D eigenvalue weighted by Gasteiger charge is 2.37. The Kier molecular flexibility index (Phi) is 4.67. The van der Waals surface area contributed by atoms with E-state index in [2.05, 4.69) is 25.7 Å². The van der Waals surface area contributed by atoms with Gasteiger partial charge in [-0.2, -0.15) is 0 Å². The van der Waals surface area contributed by atoms with Crippen LogP contribution >= 0.6 is 0 Å². The summed E-state index contributed by atoms with van der Waals surface area (Å²) in [6, 6.07) is 0. The van der Waals surface area contributed by atoms with Gasteiger partial charge in [-0.1, -0.05) is 20.8 Å². The minimum absolute atomic E-state index is 0.221. The van der Waals surface area contributed by atoms with Crippen molar-refractivity contribution < 1.29 is 9.53 Å². The van der Waals surface area contributed by atoms with Crippen LogP contribution in [0.1, 0.15) is 46.5 Å². The van der Waals surface area contributed by atoms with Crippen molar-refractivity contribution in [2.45, 2.75) is 46.5 Å². The highest BCUT2D eigenvalue weighted by Crippen LogP contribution is 2.35. The number of rotatable bonds is 3. The minimum Gasteiger partial charge on any atom is -0.380 e. The molecule has 0 radical (unpaired) electrons. The minimum atomic E-state index is -0.221. The molecule has 0 N–H and O–H groups in total. The molecule has 2 atom stereocenters. The van der Waals surface area contributed by atoms with Crippen LogP contribution in [0.2, 0.25) is 0 Å². The molecule has 3 nitrogen and oxygen atoms in total. The maximum atomic E-state index is 11.4. The molecule has 2 aliphatic heterocycles. The Morgan fingerprint density at radius 2 is 2.11 bits per heavy atom. The molecule has 2 heterocycles. The standard InChI is InChI=1S/C16H29NO2/c1-15(2,3)14-5-4-8-17(9-6-14)11-16(12-18)7-10-19-13-16/h12,14H,4-11,13H2,1-3H3. The van der Waals surface area contributed by atoms with Gasteiger partial charge in [0.1, 0.15) is 6.29 Å². The van der Waals surface area contributed by atoms with Gasteiger partial charge >= 0.3 is 0 Å². The summed E-state index contributed by atoms with van der Waals surface area (Å²) in [7, 11) is 0. The lowest BCUT2D eigenvalue weighted by Crippen LogP contribution is -2.40. The predicted octanol–water partition coefficient (Wildman–Crippen LogP) is 2.74. The molecule has 0 spiro atoms. The van der Waals surface area contributed by atoms with E-state index in [9.17, 15) is 4.79 Å². The smallest absolute Gasteiger partial charge is 0.129 e. The lowest BCUT2D eigenvalue weighted by atomic mass is 9.77. The third-order valence-electron chi connectivity index (χ3n) is 4.97. The Hall–Kier alpha value is -0.410. The molecule has 0 aromatic carbocycles. The van der Waals surface area contributed by atoms with E-state index in [1.54, 1.807) is 0 Å². The Morgan fingerprint density at radius 1 is 1.32 bits per heavy atom. The largest absolute Gasteiger partial charge is 0.380 e. The van der Waals surface area contributed by atoms with E-state index in [1.165, 1.54) is 19.3 Å². The van der Waals surface area contributed by atoms with Gasteiger partial charge in [0.2, 0.25) is 0 Å². The summed E-state index contributed by atoms with van der Waals surface area (Å²) < 4.78 is 5.44. The molecule has 19 heavy (non-hydrogen) atoms. The molecule has 0 aromatic heterocycles. The molecule has 0 aromatic rings. The van der Waals surface area contributed by atoms with Crippen LogP contribution in [0.15, 0.2) is 0 Å². The zero-order chi connectivity index (χ0) is 13.9. The van der Waals surface area contributed by atoms with Gasteiger partial charge in [0.15, 0.2) is 0 Å². The first-order valence-corrected chi connectivity index (χ1v) is 7.72. The maximum absolute atomic E-state index is 11.4. The van der Waals surface area contributed by atoms with E-state index >= 15 is 0 Å². The number of nitrogens with zero attached hydrogens (tertiary/aromatic N) is 1. The molecule has 2 fully saturated rings. The summed E-state index contributed by atoms with van der Waals surface area (Å²) >= 11 is 0. The Bertz CT molecular complexity index is 302. The molecule has 3 heteroatoms. The van der Waals surface area contributed by atoms with Crippen molar-refractivity contribution >= 4 is 6.29 Å². The van der Waals surface area contributed by atoms with E-state index in [0.717, 1.165) is 44.9 Å². The fourth-order valence-electron chi connectivity index (χ4n) is 3.50. The van der Waals surface area contributed by atoms with Crippen molar-refractivity contribution in [2.24, 2.45) is 16.7 Å². The molecule has 0 aliphatic carbocycles. The van der Waals surface area contributed by atoms with Crippen molar-refractivity contribution in [3.8, 4) is 0 Å². The van der Waals surface area contributed by atoms with Crippen molar-refractivity contribution in [3.63, 3.8) is 0 Å². The average Bonchev–Trinajstić information content (AvgIpc) is 2.67. The second-order valence-electron chi connectivity index (χ2n) is 7.55. The fourth-order valence-corrected chi connectivity index (χ4v) is 3.50. The van der Waals surface area contributed by atoms with Crippen molar-refractivity contribution in [1.82, 2.24) is 4.90 Å². The van der Waals surface area contributed by atoms with Crippen LogP contribution in [-0.2, 0) is 9.53 Å². The van der Waals surface area contributed by atoms with Crippen LogP contribution in [0.3, 0.4) is 0 Å². The highest BCUT2D eigenvalue weighted by atomic mass is 16.5. The molecule has 2 saturated heterocycles. The zero-order valence-electron chi connectivity index (χ0n) is 12.8. The summed E-state index contributed by atoms with van der Waals surface area (Å²) in [5, 5.41) is 0. The van der Waals surface area contributed by atoms with Crippen LogP contribution in [0.25, 0.3) is 0 Å². The average molecular weight is 267 g/mol. The number of carbonyl (C=O) groups is 1. The zero-order valence-corrected chi connectivity index (χ0v) is 12.8. The maximum Gasteiger partial charge on any atom is 0.129 e. The van der Waals surface area contributed by atoms with Gasteiger partial charge in [-0.15, -0.1) is 0 Å². The number of hydrogen-bond acceptors (Lipinski definition) is 3. The molecule has 2 unspecified atom stereocenters. The summed E-state index contributed by atoms with van der Waals surface area (Å²) in [6.07, 6.45) is 5.89. The second kappa shape index (κ2) is 5.92. The lowest BCUT2D eigenvalue weighted by Gasteiger charge is -2.31. The lowest BCUT2D eigenvalue weighted by molar-refractivity contribution is -0.117. The first kappa shape index (κ1) is 15.0. The third-order valence-corrected chi connectivity index (χ3v) is 4.97. The predicted molar refractivity (Wildman–Crippen MR) is 77.2 cm³/mol. The summed E-state index contributed by atoms with van der Waals surface area (Å²) in [5.74, 6) is 0.810. The van der Waals surface area contributed by atoms with Crippen molar-refractivity contribution in [3.05, 3.63) is 0 Å². The number of ether oxygens (including phenoxy) is 1. The second-order valence-corrected chi connectivity index (χ2v) is 7.55. The monoisotopic (exact) mass is 267 g/mol. The van der Waals surface area contributed by atoms with Gasteiger partial charge in [-0.25, -0.2) is 0 Å². The first-order chi connectivity index (χ1) is 8.95. The van der Waals surface area contributed by atoms with Gasteiger partial charge in [-0.3, -0.25) is 0 Å². The third kappa shape index (κ3) is 3.79. The van der Waals surface area contributed by atoms with Gasteiger partial charge in [-0.05, 0) is 50.1 Å². The Morgan fingerprint density at radius 3 is 2.68 bits per heavy atom. The fraction of sp³-hybridized carbons (Fsp3) is 0.938. The Labute approximate surface area is 117 Å². The summed E-state index contributed by atoms with van der Waals surface area (Å²) in [4.78, 5) is 13.9. The van der Waals surface area contributed by atoms with Crippen LogP contribution in [0.4, 0.5) is 0 Å². The normalized spacial score (nSPS) is 34.2. The number of likely N-dealkylation sites (tertiary alicyclic amines) is 1. The summed E-state index contributed by atoms with van der Waals surface area (Å²) in [6.45, 7) is 11.6. The molecule has 0 saturated carbocycles. The van der Waals surface area contributed by atoms with E-state index in [-0.39, 0.29) is 5.41 Å². The van der Waals surface area contributed by atoms with Gasteiger partial charge in [0.25, 0.3) is 0 Å². The van der Waals surface area contributed by atoms with Gasteiger partial charge in [0.05, 0.1) is 12.0 Å². The van der Waals surface area contributed by atoms with E-state index < -0.39 is 0 Å².